The summed E-state index contributed by atoms with van der Waals surface area (Å²) in [6.45, 7) is 4.47. The van der Waals surface area contributed by atoms with Gasteiger partial charge in [-0.05, 0) is 63.1 Å². The van der Waals surface area contributed by atoms with Gasteiger partial charge < -0.3 is 10.1 Å². The second-order valence-corrected chi connectivity index (χ2v) is 9.24. The van der Waals surface area contributed by atoms with Crippen LogP contribution >= 0.6 is 0 Å². The molecular formula is C22H26N2O5S. The monoisotopic (exact) mass is 430 g/mol. The fraction of sp³-hybridized carbons (Fsp3) is 0.364. The first-order valence-electron chi connectivity index (χ1n) is 9.96. The summed E-state index contributed by atoms with van der Waals surface area (Å²) in [4.78, 5) is 24.7. The number of ether oxygens (including phenoxy) is 1. The molecule has 2 aromatic carbocycles. The number of anilines is 1. The van der Waals surface area contributed by atoms with Crippen molar-refractivity contribution in [2.45, 2.75) is 31.6 Å². The van der Waals surface area contributed by atoms with Crippen LogP contribution in [0.5, 0.6) is 0 Å². The summed E-state index contributed by atoms with van der Waals surface area (Å²) >= 11 is 0. The molecule has 0 bridgehead atoms. The number of rotatable bonds is 6. The lowest BCUT2D eigenvalue weighted by Crippen LogP contribution is -2.43. The van der Waals surface area contributed by atoms with Crippen molar-refractivity contribution in [2.75, 3.05) is 25.0 Å². The smallest absolute Gasteiger partial charge is 0.338 e. The SMILES string of the molecule is CCOC(=O)c1ccc(NC(=O)C2CCCN(S(=O)(=O)c3ccc(C)cc3)C2)cc1. The van der Waals surface area contributed by atoms with Gasteiger partial charge in [-0.15, -0.1) is 0 Å². The molecule has 1 fully saturated rings. The van der Waals surface area contributed by atoms with E-state index in [-0.39, 0.29) is 17.3 Å². The molecule has 8 heteroatoms. The summed E-state index contributed by atoms with van der Waals surface area (Å²) < 4.78 is 32.2. The fourth-order valence-corrected chi connectivity index (χ4v) is 4.91. The molecule has 1 aliphatic rings. The molecule has 0 radical (unpaired) electrons. The Bertz CT molecular complexity index is 1000. The van der Waals surface area contributed by atoms with Crippen molar-refractivity contribution in [2.24, 2.45) is 5.92 Å². The largest absolute Gasteiger partial charge is 0.462 e. The van der Waals surface area contributed by atoms with Crippen LogP contribution in [-0.4, -0.2) is 44.3 Å². The van der Waals surface area contributed by atoms with E-state index in [1.165, 1.54) is 4.31 Å². The third-order valence-electron chi connectivity index (χ3n) is 5.08. The Morgan fingerprint density at radius 3 is 2.40 bits per heavy atom. The van der Waals surface area contributed by atoms with Crippen LogP contribution in [0.2, 0.25) is 0 Å². The number of amides is 1. The van der Waals surface area contributed by atoms with Crippen molar-refractivity contribution in [3.8, 4) is 0 Å². The lowest BCUT2D eigenvalue weighted by atomic mass is 9.98. The summed E-state index contributed by atoms with van der Waals surface area (Å²) in [5.41, 5.74) is 1.94. The van der Waals surface area contributed by atoms with E-state index in [0.717, 1.165) is 5.56 Å². The number of aryl methyl sites for hydroxylation is 1. The molecule has 1 N–H and O–H groups in total. The second kappa shape index (κ2) is 9.40. The van der Waals surface area contributed by atoms with Crippen LogP contribution < -0.4 is 5.32 Å². The normalized spacial score (nSPS) is 17.3. The van der Waals surface area contributed by atoms with Gasteiger partial charge in [0.1, 0.15) is 0 Å². The molecule has 2 aromatic rings. The number of sulfonamides is 1. The fourth-order valence-electron chi connectivity index (χ4n) is 3.38. The molecule has 1 amide bonds. The Hall–Kier alpha value is -2.71. The highest BCUT2D eigenvalue weighted by atomic mass is 32.2. The average molecular weight is 431 g/mol. The third kappa shape index (κ3) is 5.06. The number of nitrogens with one attached hydrogen (secondary N) is 1. The number of hydrogen-bond acceptors (Lipinski definition) is 5. The van der Waals surface area contributed by atoms with E-state index in [1.54, 1.807) is 55.5 Å². The van der Waals surface area contributed by atoms with Crippen LogP contribution in [0.1, 0.15) is 35.7 Å². The number of nitrogens with zero attached hydrogens (tertiary/aromatic N) is 1. The van der Waals surface area contributed by atoms with Crippen LogP contribution in [0.3, 0.4) is 0 Å². The number of carbonyl (C=O) groups excluding carboxylic acids is 2. The van der Waals surface area contributed by atoms with Gasteiger partial charge in [-0.25, -0.2) is 13.2 Å². The first-order chi connectivity index (χ1) is 14.3. The topological polar surface area (TPSA) is 92.8 Å². The molecule has 0 spiro atoms. The van der Waals surface area contributed by atoms with Crippen molar-refractivity contribution in [1.29, 1.82) is 0 Å². The van der Waals surface area contributed by atoms with Gasteiger partial charge in [-0.3, -0.25) is 4.79 Å². The number of carbonyl (C=O) groups is 2. The van der Waals surface area contributed by atoms with Crippen LogP contribution in [0.25, 0.3) is 0 Å². The number of benzene rings is 2. The zero-order chi connectivity index (χ0) is 21.7. The maximum atomic E-state index is 12.9. The van der Waals surface area contributed by atoms with Gasteiger partial charge >= 0.3 is 5.97 Å². The molecule has 1 saturated heterocycles. The highest BCUT2D eigenvalue weighted by molar-refractivity contribution is 7.89. The van der Waals surface area contributed by atoms with E-state index in [9.17, 15) is 18.0 Å². The van der Waals surface area contributed by atoms with Gasteiger partial charge in [0.25, 0.3) is 0 Å². The van der Waals surface area contributed by atoms with Crippen molar-refractivity contribution in [3.63, 3.8) is 0 Å². The van der Waals surface area contributed by atoms with Crippen molar-refractivity contribution in [1.82, 2.24) is 4.31 Å². The predicted octanol–water partition coefficient (Wildman–Crippen LogP) is 3.21. The molecule has 1 atom stereocenters. The van der Waals surface area contributed by atoms with E-state index in [1.807, 2.05) is 6.92 Å². The maximum absolute atomic E-state index is 12.9. The summed E-state index contributed by atoms with van der Waals surface area (Å²) in [6, 6.07) is 13.2. The molecule has 1 unspecified atom stereocenters. The molecule has 0 aromatic heterocycles. The third-order valence-corrected chi connectivity index (χ3v) is 6.96. The Balaban J connectivity index is 1.65. The van der Waals surface area contributed by atoms with Crippen molar-refractivity contribution in [3.05, 3.63) is 59.7 Å². The van der Waals surface area contributed by atoms with Crippen LogP contribution in [-0.2, 0) is 19.6 Å². The molecule has 7 nitrogen and oxygen atoms in total. The summed E-state index contributed by atoms with van der Waals surface area (Å²) in [5, 5.41) is 2.82. The van der Waals surface area contributed by atoms with Gasteiger partial charge in [0.2, 0.25) is 15.9 Å². The number of hydrogen-bond donors (Lipinski definition) is 1. The van der Waals surface area contributed by atoms with E-state index < -0.39 is 21.9 Å². The van der Waals surface area contributed by atoms with E-state index in [4.69, 9.17) is 4.74 Å². The zero-order valence-corrected chi connectivity index (χ0v) is 17.9. The highest BCUT2D eigenvalue weighted by Gasteiger charge is 2.33. The Morgan fingerprint density at radius 1 is 1.10 bits per heavy atom. The zero-order valence-electron chi connectivity index (χ0n) is 17.1. The molecule has 1 heterocycles. The minimum absolute atomic E-state index is 0.142. The molecule has 3 rings (SSSR count). The molecular weight excluding hydrogens is 404 g/mol. The quantitative estimate of drug-likeness (QED) is 0.711. The van der Waals surface area contributed by atoms with Gasteiger partial charge in [0, 0.05) is 18.8 Å². The Labute approximate surface area is 177 Å². The summed E-state index contributed by atoms with van der Waals surface area (Å²) in [7, 11) is -3.64. The number of piperidine rings is 1. The predicted molar refractivity (Wildman–Crippen MR) is 114 cm³/mol. The van der Waals surface area contributed by atoms with Gasteiger partial charge in [-0.1, -0.05) is 17.7 Å². The minimum Gasteiger partial charge on any atom is -0.462 e. The first kappa shape index (κ1) is 22.0. The maximum Gasteiger partial charge on any atom is 0.338 e. The first-order valence-corrected chi connectivity index (χ1v) is 11.4. The average Bonchev–Trinajstić information content (AvgIpc) is 2.75. The number of esters is 1. The van der Waals surface area contributed by atoms with Gasteiger partial charge in [0.15, 0.2) is 0 Å². The van der Waals surface area contributed by atoms with E-state index in [2.05, 4.69) is 5.32 Å². The molecule has 1 aliphatic heterocycles. The van der Waals surface area contributed by atoms with E-state index >= 15 is 0 Å². The van der Waals surface area contributed by atoms with Crippen LogP contribution in [0.4, 0.5) is 5.69 Å². The highest BCUT2D eigenvalue weighted by Crippen LogP contribution is 2.25. The summed E-state index contributed by atoms with van der Waals surface area (Å²) in [5.74, 6) is -1.09. The van der Waals surface area contributed by atoms with Gasteiger partial charge in [0.05, 0.1) is 23.0 Å². The lowest BCUT2D eigenvalue weighted by molar-refractivity contribution is -0.120. The molecule has 30 heavy (non-hydrogen) atoms. The van der Waals surface area contributed by atoms with Crippen molar-refractivity contribution >= 4 is 27.6 Å². The van der Waals surface area contributed by atoms with Crippen molar-refractivity contribution < 1.29 is 22.7 Å². The second-order valence-electron chi connectivity index (χ2n) is 7.30. The molecule has 0 saturated carbocycles. The minimum atomic E-state index is -3.64. The summed E-state index contributed by atoms with van der Waals surface area (Å²) in [6.07, 6.45) is 1.23. The molecule has 0 aliphatic carbocycles. The van der Waals surface area contributed by atoms with E-state index in [0.29, 0.717) is 37.2 Å². The Morgan fingerprint density at radius 2 is 1.77 bits per heavy atom. The van der Waals surface area contributed by atoms with Crippen LogP contribution in [0.15, 0.2) is 53.4 Å². The Kier molecular flexibility index (Phi) is 6.89. The lowest BCUT2D eigenvalue weighted by Gasteiger charge is -2.31. The van der Waals surface area contributed by atoms with Gasteiger partial charge in [-0.2, -0.15) is 4.31 Å². The standard InChI is InChI=1S/C22H26N2O5S/c1-3-29-22(26)17-8-10-19(11-9-17)23-21(25)18-5-4-14-24(15-18)30(27,28)20-12-6-16(2)7-13-20/h6-13,18H,3-5,14-15H2,1-2H3,(H,23,25). The van der Waals surface area contributed by atoms with Crippen LogP contribution in [0, 0.1) is 12.8 Å². The molecule has 160 valence electrons.